The van der Waals surface area contributed by atoms with E-state index in [0.29, 0.717) is 12.1 Å². The maximum absolute atomic E-state index is 14.1. The molecule has 0 aliphatic heterocycles. The smallest absolute Gasteiger partial charge is 0.264 e. The first-order valence-corrected chi connectivity index (χ1v) is 14.8. The number of hydrogen-bond donors (Lipinski definition) is 1. The number of benzene rings is 3. The Hall–Kier alpha value is -3.65. The Kier molecular flexibility index (Phi) is 10.3. The molecule has 0 spiro atoms. The summed E-state index contributed by atoms with van der Waals surface area (Å²) in [6.45, 7) is 9.34. The number of sulfonamides is 1. The van der Waals surface area contributed by atoms with Crippen molar-refractivity contribution in [2.24, 2.45) is 0 Å². The molecule has 3 rings (SSSR count). The number of para-hydroxylation sites is 1. The zero-order valence-corrected chi connectivity index (χ0v) is 24.2. The molecule has 0 saturated heterocycles. The fraction of sp³-hybridized carbons (Fsp3) is 0.355. The van der Waals surface area contributed by atoms with Gasteiger partial charge in [0, 0.05) is 12.6 Å². The lowest BCUT2D eigenvalue weighted by Crippen LogP contribution is -2.53. The number of carbonyl (C=O) groups excluding carboxylic acids is 2. The van der Waals surface area contributed by atoms with Crippen molar-refractivity contribution in [1.29, 1.82) is 0 Å². The fourth-order valence-corrected chi connectivity index (χ4v) is 5.71. The van der Waals surface area contributed by atoms with Gasteiger partial charge in [0.05, 0.1) is 10.6 Å². The first kappa shape index (κ1) is 29.9. The largest absolute Gasteiger partial charge is 0.352 e. The topological polar surface area (TPSA) is 86.8 Å². The van der Waals surface area contributed by atoms with E-state index in [1.807, 2.05) is 58.9 Å². The lowest BCUT2D eigenvalue weighted by Gasteiger charge is -2.34. The first-order chi connectivity index (χ1) is 18.6. The van der Waals surface area contributed by atoms with Gasteiger partial charge >= 0.3 is 0 Å². The van der Waals surface area contributed by atoms with Crippen LogP contribution in [-0.2, 0) is 26.2 Å². The molecule has 1 N–H and O–H groups in total. The Morgan fingerprint density at radius 1 is 0.846 bits per heavy atom. The molecular formula is C31H39N3O4S. The van der Waals surface area contributed by atoms with Crippen LogP contribution in [0.3, 0.4) is 0 Å². The summed E-state index contributed by atoms with van der Waals surface area (Å²) in [7, 11) is -4.07. The van der Waals surface area contributed by atoms with E-state index in [4.69, 9.17) is 0 Å². The van der Waals surface area contributed by atoms with Crippen molar-refractivity contribution >= 4 is 27.5 Å². The van der Waals surface area contributed by atoms with Gasteiger partial charge in [-0.15, -0.1) is 0 Å². The van der Waals surface area contributed by atoms with E-state index in [1.54, 1.807) is 54.6 Å². The minimum atomic E-state index is -4.07. The molecule has 3 aromatic rings. The Labute approximate surface area is 232 Å². The second-order valence-corrected chi connectivity index (χ2v) is 11.7. The Bertz CT molecular complexity index is 1360. The first-order valence-electron chi connectivity index (χ1n) is 13.4. The third-order valence-corrected chi connectivity index (χ3v) is 8.71. The van der Waals surface area contributed by atoms with Gasteiger partial charge < -0.3 is 10.2 Å². The summed E-state index contributed by atoms with van der Waals surface area (Å²) in [6.07, 6.45) is 1.14. The van der Waals surface area contributed by atoms with Crippen molar-refractivity contribution in [1.82, 2.24) is 10.2 Å². The summed E-state index contributed by atoms with van der Waals surface area (Å²) in [5.41, 5.74) is 3.19. The van der Waals surface area contributed by atoms with E-state index in [0.717, 1.165) is 27.4 Å². The van der Waals surface area contributed by atoms with Gasteiger partial charge in [-0.1, -0.05) is 74.0 Å². The van der Waals surface area contributed by atoms with E-state index in [2.05, 4.69) is 5.32 Å². The lowest BCUT2D eigenvalue weighted by atomic mass is 10.1. The molecule has 0 radical (unpaired) electrons. The summed E-state index contributed by atoms with van der Waals surface area (Å²) >= 11 is 0. The summed E-state index contributed by atoms with van der Waals surface area (Å²) in [5.74, 6) is -0.703. The van der Waals surface area contributed by atoms with Crippen molar-refractivity contribution in [3.05, 3.63) is 95.6 Å². The van der Waals surface area contributed by atoms with Crippen LogP contribution in [0.15, 0.2) is 83.8 Å². The zero-order chi connectivity index (χ0) is 28.6. The summed E-state index contributed by atoms with van der Waals surface area (Å²) in [5, 5.41) is 3.00. The molecule has 0 unspecified atom stereocenters. The lowest BCUT2D eigenvalue weighted by molar-refractivity contribution is -0.140. The number of rotatable bonds is 12. The number of hydrogen-bond acceptors (Lipinski definition) is 4. The highest BCUT2D eigenvalue weighted by molar-refractivity contribution is 7.92. The van der Waals surface area contributed by atoms with Gasteiger partial charge in [-0.05, 0) is 69.0 Å². The van der Waals surface area contributed by atoms with Gasteiger partial charge in [-0.2, -0.15) is 0 Å². The molecule has 0 fully saturated rings. The van der Waals surface area contributed by atoms with E-state index in [1.165, 1.54) is 4.90 Å². The van der Waals surface area contributed by atoms with Crippen molar-refractivity contribution in [2.75, 3.05) is 10.8 Å². The maximum Gasteiger partial charge on any atom is 0.264 e. The SMILES string of the molecule is CC[C@@H](C)NC(=O)[C@@H](CC)N(Cc1ccccc1C)C(=O)CN(c1ccccc1)S(=O)(=O)c1ccc(C)cc1. The van der Waals surface area contributed by atoms with Gasteiger partial charge in [0.1, 0.15) is 12.6 Å². The molecule has 0 heterocycles. The van der Waals surface area contributed by atoms with Crippen LogP contribution in [0, 0.1) is 13.8 Å². The van der Waals surface area contributed by atoms with E-state index >= 15 is 0 Å². The maximum atomic E-state index is 14.1. The molecule has 0 aliphatic carbocycles. The summed E-state index contributed by atoms with van der Waals surface area (Å²) in [6, 6.07) is 22.0. The molecule has 3 aromatic carbocycles. The summed E-state index contributed by atoms with van der Waals surface area (Å²) in [4.78, 5) is 29.0. The quantitative estimate of drug-likeness (QED) is 0.336. The fourth-order valence-electron chi connectivity index (χ4n) is 4.29. The van der Waals surface area contributed by atoms with Gasteiger partial charge in [-0.3, -0.25) is 13.9 Å². The molecule has 0 saturated carbocycles. The minimum absolute atomic E-state index is 0.0512. The minimum Gasteiger partial charge on any atom is -0.352 e. The van der Waals surface area contributed by atoms with Gasteiger partial charge in [0.15, 0.2) is 0 Å². The van der Waals surface area contributed by atoms with Gasteiger partial charge in [0.25, 0.3) is 10.0 Å². The zero-order valence-electron chi connectivity index (χ0n) is 23.4. The highest BCUT2D eigenvalue weighted by atomic mass is 32.2. The van der Waals surface area contributed by atoms with Crippen LogP contribution in [-0.4, -0.2) is 43.8 Å². The van der Waals surface area contributed by atoms with Crippen LogP contribution >= 0.6 is 0 Å². The molecule has 0 aliphatic rings. The van der Waals surface area contributed by atoms with E-state index in [-0.39, 0.29) is 23.4 Å². The Morgan fingerprint density at radius 2 is 1.46 bits per heavy atom. The third kappa shape index (κ3) is 7.47. The normalized spacial score (nSPS) is 12.8. The van der Waals surface area contributed by atoms with Crippen molar-refractivity contribution in [2.45, 2.75) is 71.0 Å². The molecule has 2 atom stereocenters. The molecule has 39 heavy (non-hydrogen) atoms. The molecule has 208 valence electrons. The van der Waals surface area contributed by atoms with Crippen LogP contribution in [0.5, 0.6) is 0 Å². The number of amides is 2. The molecule has 0 aromatic heterocycles. The van der Waals surface area contributed by atoms with Gasteiger partial charge in [0.2, 0.25) is 11.8 Å². The monoisotopic (exact) mass is 549 g/mol. The average Bonchev–Trinajstić information content (AvgIpc) is 2.93. The number of nitrogens with zero attached hydrogens (tertiary/aromatic N) is 2. The molecule has 8 heteroatoms. The van der Waals surface area contributed by atoms with E-state index in [9.17, 15) is 18.0 Å². The second kappa shape index (κ2) is 13.4. The Balaban J connectivity index is 2.04. The number of nitrogens with one attached hydrogen (secondary N) is 1. The molecule has 7 nitrogen and oxygen atoms in total. The van der Waals surface area contributed by atoms with Crippen LogP contribution in [0.25, 0.3) is 0 Å². The molecule has 0 bridgehead atoms. The summed E-state index contributed by atoms with van der Waals surface area (Å²) < 4.78 is 28.8. The Morgan fingerprint density at radius 3 is 2.05 bits per heavy atom. The van der Waals surface area contributed by atoms with Gasteiger partial charge in [-0.25, -0.2) is 8.42 Å². The third-order valence-electron chi connectivity index (χ3n) is 6.92. The van der Waals surface area contributed by atoms with Crippen molar-refractivity contribution < 1.29 is 18.0 Å². The average molecular weight is 550 g/mol. The van der Waals surface area contributed by atoms with Crippen molar-refractivity contribution in [3.63, 3.8) is 0 Å². The predicted octanol–water partition coefficient (Wildman–Crippen LogP) is 5.22. The van der Waals surface area contributed by atoms with Crippen LogP contribution in [0.2, 0.25) is 0 Å². The highest BCUT2D eigenvalue weighted by Gasteiger charge is 2.34. The van der Waals surface area contributed by atoms with Crippen LogP contribution < -0.4 is 9.62 Å². The van der Waals surface area contributed by atoms with Crippen LogP contribution in [0.4, 0.5) is 5.69 Å². The number of carbonyl (C=O) groups is 2. The van der Waals surface area contributed by atoms with Crippen molar-refractivity contribution in [3.8, 4) is 0 Å². The standard InChI is InChI=1S/C31H39N3O4S/c1-6-25(5)32-31(36)29(7-2)33(21-26-14-12-11-13-24(26)4)30(35)22-34(27-15-9-8-10-16-27)39(37,38)28-19-17-23(3)18-20-28/h8-20,25,29H,6-7,21-22H2,1-5H3,(H,32,36)/t25-,29-/m1/s1. The van der Waals surface area contributed by atoms with Crippen LogP contribution in [0.1, 0.15) is 50.3 Å². The highest BCUT2D eigenvalue weighted by Crippen LogP contribution is 2.25. The number of aryl methyl sites for hydroxylation is 2. The molecule has 2 amide bonds. The number of anilines is 1. The molecular weight excluding hydrogens is 510 g/mol. The predicted molar refractivity (Wildman–Crippen MR) is 156 cm³/mol. The second-order valence-electron chi connectivity index (χ2n) is 9.85. The van der Waals surface area contributed by atoms with E-state index < -0.39 is 28.5 Å².